The van der Waals surface area contributed by atoms with Crippen molar-refractivity contribution >= 4 is 45.1 Å². The topological polar surface area (TPSA) is 106 Å². The molecule has 2 aliphatic heterocycles. The third-order valence-corrected chi connectivity index (χ3v) is 8.74. The van der Waals surface area contributed by atoms with E-state index in [2.05, 4.69) is 16.0 Å². The van der Waals surface area contributed by atoms with Crippen molar-refractivity contribution < 1.29 is 22.7 Å². The van der Waals surface area contributed by atoms with Crippen LogP contribution in [0.5, 0.6) is 5.75 Å². The van der Waals surface area contributed by atoms with Gasteiger partial charge in [-0.2, -0.15) is 8.42 Å². The number of hydrogen-bond donors (Lipinski definition) is 1. The summed E-state index contributed by atoms with van der Waals surface area (Å²) in [6, 6.07) is 12.0. The van der Waals surface area contributed by atoms with Crippen LogP contribution in [0.15, 0.2) is 65.6 Å². The SMILES string of the molecule is C=CC(=O)N1CCN(C2=NS(=O)(=O)N(c3ccccc3C(C)C)c3nc(-c4c(O)cccc4F)c(Cl)cc32)C(C)C1. The first-order valence-corrected chi connectivity index (χ1v) is 14.8. The van der Waals surface area contributed by atoms with Gasteiger partial charge in [0.05, 0.1) is 27.5 Å². The Kier molecular flexibility index (Phi) is 7.52. The maximum absolute atomic E-state index is 15.0. The van der Waals surface area contributed by atoms with E-state index >= 15 is 0 Å². The average molecular weight is 598 g/mol. The number of para-hydroxylation sites is 1. The van der Waals surface area contributed by atoms with Crippen LogP contribution in [0.4, 0.5) is 15.9 Å². The van der Waals surface area contributed by atoms with Crippen molar-refractivity contribution in [1.82, 2.24) is 14.8 Å². The fourth-order valence-electron chi connectivity index (χ4n) is 5.24. The number of phenolic OH excluding ortho intramolecular Hbond substituents is 1. The van der Waals surface area contributed by atoms with Crippen molar-refractivity contribution in [1.29, 1.82) is 0 Å². The van der Waals surface area contributed by atoms with Crippen LogP contribution < -0.4 is 4.31 Å². The van der Waals surface area contributed by atoms with Crippen LogP contribution in [0.1, 0.15) is 37.8 Å². The number of phenols is 1. The molecule has 3 heterocycles. The molecule has 41 heavy (non-hydrogen) atoms. The fraction of sp³-hybridized carbons (Fsp3) is 0.276. The molecule has 2 aromatic carbocycles. The van der Waals surface area contributed by atoms with Gasteiger partial charge in [-0.15, -0.1) is 4.40 Å². The number of hydrogen-bond acceptors (Lipinski definition) is 6. The highest BCUT2D eigenvalue weighted by Gasteiger charge is 2.40. The van der Waals surface area contributed by atoms with Crippen LogP contribution in [-0.4, -0.2) is 65.7 Å². The molecule has 1 fully saturated rings. The Morgan fingerprint density at radius 1 is 1.20 bits per heavy atom. The first-order valence-electron chi connectivity index (χ1n) is 13.1. The minimum Gasteiger partial charge on any atom is -0.507 e. The summed E-state index contributed by atoms with van der Waals surface area (Å²) in [6.45, 7) is 10.2. The molecule has 1 saturated heterocycles. The molecular formula is C29H29ClFN5O4S. The molecule has 12 heteroatoms. The third-order valence-electron chi connectivity index (χ3n) is 7.21. The molecule has 1 atom stereocenters. The number of anilines is 2. The maximum Gasteiger partial charge on any atom is 0.352 e. The molecule has 0 aliphatic carbocycles. The van der Waals surface area contributed by atoms with Crippen molar-refractivity contribution in [2.75, 3.05) is 23.9 Å². The minimum absolute atomic E-state index is 0.00127. The molecule has 1 aromatic heterocycles. The third kappa shape index (κ3) is 5.04. The van der Waals surface area contributed by atoms with Crippen LogP contribution in [0, 0.1) is 5.82 Å². The van der Waals surface area contributed by atoms with E-state index in [9.17, 15) is 22.7 Å². The van der Waals surface area contributed by atoms with Gasteiger partial charge < -0.3 is 14.9 Å². The summed E-state index contributed by atoms with van der Waals surface area (Å²) in [6.07, 6.45) is 1.24. The minimum atomic E-state index is -4.41. The molecular weight excluding hydrogens is 569 g/mol. The molecule has 0 spiro atoms. The number of aromatic hydroxyl groups is 1. The smallest absolute Gasteiger partial charge is 0.352 e. The lowest BCUT2D eigenvalue weighted by atomic mass is 10.0. The number of nitrogens with zero attached hydrogens (tertiary/aromatic N) is 5. The van der Waals surface area contributed by atoms with Gasteiger partial charge in [-0.1, -0.05) is 56.3 Å². The fourth-order valence-corrected chi connectivity index (χ4v) is 6.76. The highest BCUT2D eigenvalue weighted by atomic mass is 35.5. The number of aromatic nitrogens is 1. The second kappa shape index (κ2) is 10.8. The van der Waals surface area contributed by atoms with Crippen LogP contribution >= 0.6 is 11.6 Å². The Morgan fingerprint density at radius 2 is 1.93 bits per heavy atom. The van der Waals surface area contributed by atoms with E-state index in [0.717, 1.165) is 15.9 Å². The van der Waals surface area contributed by atoms with Crippen molar-refractivity contribution in [3.05, 3.63) is 83.2 Å². The van der Waals surface area contributed by atoms with E-state index < -0.39 is 21.8 Å². The lowest BCUT2D eigenvalue weighted by Crippen LogP contribution is -2.56. The molecule has 1 unspecified atom stereocenters. The number of fused-ring (bicyclic) bond motifs is 1. The highest BCUT2D eigenvalue weighted by molar-refractivity contribution is 7.92. The summed E-state index contributed by atoms with van der Waals surface area (Å²) in [7, 11) is -4.41. The lowest BCUT2D eigenvalue weighted by molar-refractivity contribution is -0.128. The van der Waals surface area contributed by atoms with Gasteiger partial charge in [0, 0.05) is 25.7 Å². The van der Waals surface area contributed by atoms with Crippen LogP contribution in [-0.2, 0) is 15.0 Å². The summed E-state index contributed by atoms with van der Waals surface area (Å²) in [5.41, 5.74) is 1.04. The molecule has 2 aliphatic rings. The lowest BCUT2D eigenvalue weighted by Gasteiger charge is -2.42. The standard InChI is InChI=1S/C29H29ClFN5O4S/c1-5-25(38)34-13-14-35(18(4)16-34)29-20-15-21(30)27(26-22(31)10-8-12-24(26)37)32-28(20)36(41(39,40)33-29)23-11-7-6-9-19(23)17(2)3/h5-12,15,17-18,37H,1,13-14,16H2,2-4H3. The molecule has 0 bridgehead atoms. The Bertz CT molecular complexity index is 1670. The van der Waals surface area contributed by atoms with Crippen LogP contribution in [0.25, 0.3) is 11.3 Å². The average Bonchev–Trinajstić information content (AvgIpc) is 2.92. The zero-order chi connectivity index (χ0) is 29.6. The summed E-state index contributed by atoms with van der Waals surface area (Å²) in [5.74, 6) is -1.33. The largest absolute Gasteiger partial charge is 0.507 e. The van der Waals surface area contributed by atoms with Gasteiger partial charge in [-0.3, -0.25) is 4.79 Å². The summed E-state index contributed by atoms with van der Waals surface area (Å²) in [4.78, 5) is 20.3. The second-order valence-electron chi connectivity index (χ2n) is 10.2. The predicted octanol–water partition coefficient (Wildman–Crippen LogP) is 5.23. The van der Waals surface area contributed by atoms with E-state index in [1.807, 2.05) is 32.9 Å². The van der Waals surface area contributed by atoms with Crippen LogP contribution in [0.2, 0.25) is 5.02 Å². The Balaban J connectivity index is 1.75. The number of carbonyl (C=O) groups is 1. The highest BCUT2D eigenvalue weighted by Crippen LogP contribution is 2.44. The van der Waals surface area contributed by atoms with Crippen molar-refractivity contribution in [2.24, 2.45) is 4.40 Å². The van der Waals surface area contributed by atoms with Crippen molar-refractivity contribution in [3.63, 3.8) is 0 Å². The van der Waals surface area contributed by atoms with E-state index in [0.29, 0.717) is 30.9 Å². The molecule has 0 saturated carbocycles. The van der Waals surface area contributed by atoms with Gasteiger partial charge in [-0.25, -0.2) is 13.7 Å². The Morgan fingerprint density at radius 3 is 2.59 bits per heavy atom. The zero-order valence-electron chi connectivity index (χ0n) is 22.8. The van der Waals surface area contributed by atoms with Gasteiger partial charge in [0.25, 0.3) is 0 Å². The monoisotopic (exact) mass is 597 g/mol. The number of carbonyl (C=O) groups excluding carboxylic acids is 1. The molecule has 1 amide bonds. The first-order chi connectivity index (χ1) is 19.4. The molecule has 3 aromatic rings. The molecule has 214 valence electrons. The molecule has 0 radical (unpaired) electrons. The van der Waals surface area contributed by atoms with Gasteiger partial charge in [0.2, 0.25) is 5.91 Å². The molecule has 9 nitrogen and oxygen atoms in total. The quantitative estimate of drug-likeness (QED) is 0.413. The van der Waals surface area contributed by atoms with E-state index in [1.165, 1.54) is 24.3 Å². The zero-order valence-corrected chi connectivity index (χ0v) is 24.3. The van der Waals surface area contributed by atoms with E-state index in [1.54, 1.807) is 21.9 Å². The summed E-state index contributed by atoms with van der Waals surface area (Å²) in [5, 5.41) is 10.5. The Labute approximate surface area is 243 Å². The van der Waals surface area contributed by atoms with Crippen molar-refractivity contribution in [3.8, 4) is 17.0 Å². The van der Waals surface area contributed by atoms with Crippen LogP contribution in [0.3, 0.4) is 0 Å². The maximum atomic E-state index is 15.0. The van der Waals surface area contributed by atoms with Gasteiger partial charge in [0.1, 0.15) is 11.6 Å². The van der Waals surface area contributed by atoms with Gasteiger partial charge >= 0.3 is 10.2 Å². The number of amidine groups is 1. The normalized spacial score (nSPS) is 18.2. The first kappa shape index (κ1) is 28.6. The predicted molar refractivity (Wildman–Crippen MR) is 157 cm³/mol. The summed E-state index contributed by atoms with van der Waals surface area (Å²) >= 11 is 6.66. The van der Waals surface area contributed by atoms with Gasteiger partial charge in [0.15, 0.2) is 11.7 Å². The van der Waals surface area contributed by atoms with E-state index in [-0.39, 0.29) is 45.8 Å². The molecule has 5 rings (SSSR count). The summed E-state index contributed by atoms with van der Waals surface area (Å²) < 4.78 is 48.3. The number of halogens is 2. The number of piperazine rings is 1. The molecule has 1 N–H and O–H groups in total. The number of amides is 1. The van der Waals surface area contributed by atoms with Gasteiger partial charge in [-0.05, 0) is 48.7 Å². The van der Waals surface area contributed by atoms with Crippen molar-refractivity contribution in [2.45, 2.75) is 32.7 Å². The second-order valence-corrected chi connectivity index (χ2v) is 12.1. The number of benzene rings is 2. The van der Waals surface area contributed by atoms with E-state index in [4.69, 9.17) is 11.6 Å². The Hall–Kier alpha value is -3.96. The number of pyridine rings is 1. The number of rotatable bonds is 4.